The first-order valence-corrected chi connectivity index (χ1v) is 9.45. The van der Waals surface area contributed by atoms with Crippen molar-refractivity contribution in [2.24, 2.45) is 0 Å². The molecule has 0 bridgehead atoms. The molecule has 1 aliphatic heterocycles. The Balaban J connectivity index is 1.44. The van der Waals surface area contributed by atoms with Crippen LogP contribution >= 0.6 is 0 Å². The molecule has 1 saturated carbocycles. The summed E-state index contributed by atoms with van der Waals surface area (Å²) in [5.41, 5.74) is 0.446. The second-order valence-electron chi connectivity index (χ2n) is 7.40. The van der Waals surface area contributed by atoms with Gasteiger partial charge in [-0.25, -0.2) is 0 Å². The third-order valence-electron chi connectivity index (χ3n) is 5.85. The fourth-order valence-electron chi connectivity index (χ4n) is 4.27. The topological polar surface area (TPSA) is 44.7 Å². The maximum atomic E-state index is 10.9. The zero-order chi connectivity index (χ0) is 16.8. The summed E-state index contributed by atoms with van der Waals surface area (Å²) in [6.07, 6.45) is 6.40. The van der Waals surface area contributed by atoms with Crippen molar-refractivity contribution in [1.82, 2.24) is 10.2 Å². The third-order valence-corrected chi connectivity index (χ3v) is 5.85. The molecule has 1 unspecified atom stereocenters. The fourth-order valence-corrected chi connectivity index (χ4v) is 4.27. The highest BCUT2D eigenvalue weighted by Crippen LogP contribution is 2.37. The lowest BCUT2D eigenvalue weighted by Crippen LogP contribution is -2.45. The van der Waals surface area contributed by atoms with Gasteiger partial charge in [0.25, 0.3) is 0 Å². The Morgan fingerprint density at radius 2 is 1.96 bits per heavy atom. The van der Waals surface area contributed by atoms with Crippen LogP contribution < -0.4 is 5.32 Å². The van der Waals surface area contributed by atoms with E-state index < -0.39 is 5.60 Å². The number of hydrogen-bond donors (Lipinski definition) is 2. The summed E-state index contributed by atoms with van der Waals surface area (Å²) < 4.78 is 5.22. The second-order valence-corrected chi connectivity index (χ2v) is 7.40. The largest absolute Gasteiger partial charge is 0.385 e. The first kappa shape index (κ1) is 17.9. The van der Waals surface area contributed by atoms with Crippen molar-refractivity contribution in [2.45, 2.75) is 56.2 Å². The van der Waals surface area contributed by atoms with Crippen molar-refractivity contribution in [3.63, 3.8) is 0 Å². The standard InChI is InChI=1S/C20H32N2O2/c1-24-15-14-22-13-5-8-19(22)16-21-18-9-11-20(23,12-10-18)17-6-3-2-4-7-17/h2-4,6-7,18-19,21,23H,5,8-16H2,1H3. The number of ether oxygens (including phenoxy) is 1. The van der Waals surface area contributed by atoms with E-state index in [-0.39, 0.29) is 0 Å². The Hall–Kier alpha value is -0.940. The Bertz CT molecular complexity index is 486. The fraction of sp³-hybridized carbons (Fsp3) is 0.700. The second kappa shape index (κ2) is 8.43. The van der Waals surface area contributed by atoms with Gasteiger partial charge in [0.15, 0.2) is 0 Å². The third kappa shape index (κ3) is 4.37. The van der Waals surface area contributed by atoms with Gasteiger partial charge in [-0.05, 0) is 50.6 Å². The van der Waals surface area contributed by atoms with Crippen LogP contribution in [0.15, 0.2) is 30.3 Å². The summed E-state index contributed by atoms with van der Waals surface area (Å²) in [5.74, 6) is 0. The molecule has 0 aromatic heterocycles. The lowest BCUT2D eigenvalue weighted by Gasteiger charge is -2.37. The Kier molecular flexibility index (Phi) is 6.28. The summed E-state index contributed by atoms with van der Waals surface area (Å²) in [5, 5.41) is 14.7. The number of benzene rings is 1. The van der Waals surface area contributed by atoms with Crippen LogP contribution in [-0.4, -0.2) is 55.4 Å². The van der Waals surface area contributed by atoms with Crippen molar-refractivity contribution in [1.29, 1.82) is 0 Å². The first-order valence-electron chi connectivity index (χ1n) is 9.45. The molecule has 1 aromatic rings. The minimum absolute atomic E-state index is 0.541. The molecule has 1 atom stereocenters. The van der Waals surface area contributed by atoms with E-state index >= 15 is 0 Å². The summed E-state index contributed by atoms with van der Waals surface area (Å²) in [4.78, 5) is 2.56. The summed E-state index contributed by atoms with van der Waals surface area (Å²) in [7, 11) is 1.78. The van der Waals surface area contributed by atoms with Crippen molar-refractivity contribution < 1.29 is 9.84 Å². The molecule has 1 aromatic carbocycles. The van der Waals surface area contributed by atoms with Crippen LogP contribution in [0.5, 0.6) is 0 Å². The van der Waals surface area contributed by atoms with Crippen LogP contribution in [0.2, 0.25) is 0 Å². The van der Waals surface area contributed by atoms with E-state index in [1.165, 1.54) is 19.4 Å². The Morgan fingerprint density at radius 1 is 1.21 bits per heavy atom. The van der Waals surface area contributed by atoms with Crippen LogP contribution in [0.3, 0.4) is 0 Å². The molecule has 24 heavy (non-hydrogen) atoms. The van der Waals surface area contributed by atoms with Gasteiger partial charge in [0, 0.05) is 32.3 Å². The summed E-state index contributed by atoms with van der Waals surface area (Å²) >= 11 is 0. The van der Waals surface area contributed by atoms with E-state index in [1.807, 2.05) is 18.2 Å². The van der Waals surface area contributed by atoms with E-state index in [4.69, 9.17) is 4.74 Å². The molecular formula is C20H32N2O2. The molecule has 134 valence electrons. The molecule has 2 fully saturated rings. The number of nitrogens with one attached hydrogen (secondary N) is 1. The van der Waals surface area contributed by atoms with Gasteiger partial charge < -0.3 is 15.2 Å². The first-order chi connectivity index (χ1) is 11.7. The lowest BCUT2D eigenvalue weighted by atomic mass is 9.78. The van der Waals surface area contributed by atoms with Gasteiger partial charge in [0.05, 0.1) is 12.2 Å². The van der Waals surface area contributed by atoms with Gasteiger partial charge in [-0.15, -0.1) is 0 Å². The van der Waals surface area contributed by atoms with Crippen molar-refractivity contribution >= 4 is 0 Å². The molecule has 1 saturated heterocycles. The van der Waals surface area contributed by atoms with Gasteiger partial charge in [0.2, 0.25) is 0 Å². The zero-order valence-corrected chi connectivity index (χ0v) is 14.9. The van der Waals surface area contributed by atoms with E-state index in [0.717, 1.165) is 50.9 Å². The van der Waals surface area contributed by atoms with E-state index in [9.17, 15) is 5.11 Å². The molecule has 2 N–H and O–H groups in total. The van der Waals surface area contributed by atoms with E-state index in [2.05, 4.69) is 22.3 Å². The quantitative estimate of drug-likeness (QED) is 0.805. The zero-order valence-electron chi connectivity index (χ0n) is 14.9. The van der Waals surface area contributed by atoms with E-state index in [1.54, 1.807) is 7.11 Å². The van der Waals surface area contributed by atoms with Crippen LogP contribution in [-0.2, 0) is 10.3 Å². The number of rotatable bonds is 7. The maximum Gasteiger partial charge on any atom is 0.0897 e. The van der Waals surface area contributed by atoms with Crippen LogP contribution in [0.1, 0.15) is 44.1 Å². The molecule has 0 radical (unpaired) electrons. The predicted molar refractivity (Wildman–Crippen MR) is 97.1 cm³/mol. The average Bonchev–Trinajstić information content (AvgIpc) is 3.08. The Labute approximate surface area is 146 Å². The molecule has 4 nitrogen and oxygen atoms in total. The van der Waals surface area contributed by atoms with Crippen molar-refractivity contribution in [3.05, 3.63) is 35.9 Å². The number of likely N-dealkylation sites (tertiary alicyclic amines) is 1. The van der Waals surface area contributed by atoms with Crippen LogP contribution in [0, 0.1) is 0 Å². The lowest BCUT2D eigenvalue weighted by molar-refractivity contribution is -0.00881. The molecule has 0 spiro atoms. The number of hydrogen-bond acceptors (Lipinski definition) is 4. The van der Waals surface area contributed by atoms with Crippen molar-refractivity contribution in [3.8, 4) is 0 Å². The smallest absolute Gasteiger partial charge is 0.0897 e. The minimum Gasteiger partial charge on any atom is -0.385 e. The van der Waals surface area contributed by atoms with Gasteiger partial charge in [-0.3, -0.25) is 4.90 Å². The van der Waals surface area contributed by atoms with Crippen LogP contribution in [0.4, 0.5) is 0 Å². The molecule has 4 heteroatoms. The monoisotopic (exact) mass is 332 g/mol. The van der Waals surface area contributed by atoms with Gasteiger partial charge in [0.1, 0.15) is 0 Å². The van der Waals surface area contributed by atoms with E-state index in [0.29, 0.717) is 12.1 Å². The highest BCUT2D eigenvalue weighted by Gasteiger charge is 2.35. The van der Waals surface area contributed by atoms with Gasteiger partial charge in [-0.2, -0.15) is 0 Å². The predicted octanol–water partition coefficient (Wildman–Crippen LogP) is 2.52. The Morgan fingerprint density at radius 3 is 2.67 bits per heavy atom. The normalized spacial score (nSPS) is 31.4. The maximum absolute atomic E-state index is 10.9. The highest BCUT2D eigenvalue weighted by atomic mass is 16.5. The number of nitrogens with zero attached hydrogens (tertiary/aromatic N) is 1. The molecule has 1 heterocycles. The molecule has 0 amide bonds. The molecule has 1 aliphatic carbocycles. The average molecular weight is 332 g/mol. The minimum atomic E-state index is -0.628. The summed E-state index contributed by atoms with van der Waals surface area (Å²) in [6.45, 7) is 4.14. The molecular weight excluding hydrogens is 300 g/mol. The molecule has 3 rings (SSSR count). The number of methoxy groups -OCH3 is 1. The number of aliphatic hydroxyl groups is 1. The molecule has 2 aliphatic rings. The van der Waals surface area contributed by atoms with Gasteiger partial charge >= 0.3 is 0 Å². The van der Waals surface area contributed by atoms with Gasteiger partial charge in [-0.1, -0.05) is 30.3 Å². The highest BCUT2D eigenvalue weighted by molar-refractivity contribution is 5.23. The van der Waals surface area contributed by atoms with Crippen LogP contribution in [0.25, 0.3) is 0 Å². The van der Waals surface area contributed by atoms with Crippen molar-refractivity contribution in [2.75, 3.05) is 33.4 Å². The SMILES string of the molecule is COCCN1CCCC1CNC1CCC(O)(c2ccccc2)CC1. The summed E-state index contributed by atoms with van der Waals surface area (Å²) in [6, 6.07) is 11.4.